The van der Waals surface area contributed by atoms with Crippen LogP contribution in [0.5, 0.6) is 0 Å². The van der Waals surface area contributed by atoms with E-state index in [4.69, 9.17) is 4.52 Å². The predicted molar refractivity (Wildman–Crippen MR) is 89.3 cm³/mol. The third kappa shape index (κ3) is 3.80. The molecule has 0 saturated carbocycles. The zero-order valence-electron chi connectivity index (χ0n) is 13.7. The molecule has 0 N–H and O–H groups in total. The average molecular weight is 333 g/mol. The highest BCUT2D eigenvalue weighted by Gasteiger charge is 2.30. The van der Waals surface area contributed by atoms with Crippen molar-refractivity contribution in [3.8, 4) is 0 Å². The Bertz CT molecular complexity index is 636. The van der Waals surface area contributed by atoms with E-state index in [1.54, 1.807) is 11.3 Å². The Morgan fingerprint density at radius 3 is 3.09 bits per heavy atom. The highest BCUT2D eigenvalue weighted by molar-refractivity contribution is 7.10. The lowest BCUT2D eigenvalue weighted by atomic mass is 10.1. The first kappa shape index (κ1) is 16.2. The fourth-order valence-electron chi connectivity index (χ4n) is 2.98. The molecule has 1 saturated heterocycles. The minimum Gasteiger partial charge on any atom is -0.339 e. The molecule has 0 spiro atoms. The molecule has 124 valence electrons. The molecule has 1 amide bonds. The van der Waals surface area contributed by atoms with Gasteiger partial charge in [-0.3, -0.25) is 4.79 Å². The van der Waals surface area contributed by atoms with Crippen LogP contribution in [0.3, 0.4) is 0 Å². The van der Waals surface area contributed by atoms with Gasteiger partial charge in [0.25, 0.3) is 0 Å². The van der Waals surface area contributed by atoms with Crippen LogP contribution in [-0.4, -0.2) is 27.5 Å². The molecule has 6 heteroatoms. The van der Waals surface area contributed by atoms with Gasteiger partial charge in [-0.2, -0.15) is 4.98 Å². The van der Waals surface area contributed by atoms with Crippen molar-refractivity contribution in [1.82, 2.24) is 15.0 Å². The SMILES string of the molecule is CC(C)c1noc(CCCC(=O)N2CCC[C@H]2c2cccs2)n1. The van der Waals surface area contributed by atoms with Crippen LogP contribution in [0.2, 0.25) is 0 Å². The van der Waals surface area contributed by atoms with Crippen LogP contribution in [0, 0.1) is 0 Å². The van der Waals surface area contributed by atoms with Crippen LogP contribution in [-0.2, 0) is 11.2 Å². The van der Waals surface area contributed by atoms with Gasteiger partial charge in [0.1, 0.15) is 0 Å². The lowest BCUT2D eigenvalue weighted by molar-refractivity contribution is -0.132. The zero-order chi connectivity index (χ0) is 16.2. The van der Waals surface area contributed by atoms with Gasteiger partial charge in [0.15, 0.2) is 5.82 Å². The van der Waals surface area contributed by atoms with E-state index < -0.39 is 0 Å². The van der Waals surface area contributed by atoms with Crippen molar-refractivity contribution >= 4 is 17.2 Å². The van der Waals surface area contributed by atoms with Gasteiger partial charge in [-0.05, 0) is 30.7 Å². The molecule has 3 heterocycles. The van der Waals surface area contributed by atoms with E-state index in [1.807, 2.05) is 18.7 Å². The fraction of sp³-hybridized carbons (Fsp3) is 0.588. The second-order valence-electron chi connectivity index (χ2n) is 6.32. The third-order valence-corrected chi connectivity index (χ3v) is 5.20. The predicted octanol–water partition coefficient (Wildman–Crippen LogP) is 3.94. The molecule has 1 aliphatic rings. The van der Waals surface area contributed by atoms with Crippen molar-refractivity contribution in [2.75, 3.05) is 6.54 Å². The largest absolute Gasteiger partial charge is 0.339 e. The molecular weight excluding hydrogens is 310 g/mol. The van der Waals surface area contributed by atoms with Crippen LogP contribution in [0.15, 0.2) is 22.0 Å². The Hall–Kier alpha value is -1.69. The first-order valence-electron chi connectivity index (χ1n) is 8.30. The minimum absolute atomic E-state index is 0.240. The molecule has 1 aliphatic heterocycles. The molecular formula is C17H23N3O2S. The highest BCUT2D eigenvalue weighted by atomic mass is 32.1. The van der Waals surface area contributed by atoms with E-state index in [9.17, 15) is 4.79 Å². The quantitative estimate of drug-likeness (QED) is 0.803. The molecule has 2 aromatic rings. The summed E-state index contributed by atoms with van der Waals surface area (Å²) in [7, 11) is 0. The van der Waals surface area contributed by atoms with Gasteiger partial charge >= 0.3 is 0 Å². The number of hydrogen-bond donors (Lipinski definition) is 0. The summed E-state index contributed by atoms with van der Waals surface area (Å²) in [4.78, 5) is 20.2. The molecule has 2 aromatic heterocycles. The van der Waals surface area contributed by atoms with E-state index in [0.29, 0.717) is 18.7 Å². The smallest absolute Gasteiger partial charge is 0.226 e. The summed E-state index contributed by atoms with van der Waals surface area (Å²) in [5.41, 5.74) is 0. The number of amides is 1. The maximum Gasteiger partial charge on any atom is 0.226 e. The standard InChI is InChI=1S/C17H23N3O2S/c1-12(2)17-18-15(22-19-17)8-3-9-16(21)20-10-4-6-13(20)14-7-5-11-23-14/h5,7,11-13H,3-4,6,8-10H2,1-2H3/t13-/m0/s1. The monoisotopic (exact) mass is 333 g/mol. The molecule has 0 unspecified atom stereocenters. The third-order valence-electron chi connectivity index (χ3n) is 4.23. The van der Waals surface area contributed by atoms with Gasteiger partial charge in [-0.1, -0.05) is 25.1 Å². The summed E-state index contributed by atoms with van der Waals surface area (Å²) in [6.07, 6.45) is 4.14. The van der Waals surface area contributed by atoms with Gasteiger partial charge < -0.3 is 9.42 Å². The van der Waals surface area contributed by atoms with Crippen molar-refractivity contribution in [3.05, 3.63) is 34.1 Å². The molecule has 0 bridgehead atoms. The van der Waals surface area contributed by atoms with Crippen LogP contribution < -0.4 is 0 Å². The average Bonchev–Trinajstić information content (AvgIpc) is 3.27. The van der Waals surface area contributed by atoms with Crippen molar-refractivity contribution in [2.45, 2.75) is 57.9 Å². The Labute approximate surface area is 140 Å². The van der Waals surface area contributed by atoms with Crippen molar-refractivity contribution < 1.29 is 9.32 Å². The first-order chi connectivity index (χ1) is 11.1. The Morgan fingerprint density at radius 2 is 2.39 bits per heavy atom. The van der Waals surface area contributed by atoms with Crippen molar-refractivity contribution in [3.63, 3.8) is 0 Å². The molecule has 0 aliphatic carbocycles. The number of likely N-dealkylation sites (tertiary alicyclic amines) is 1. The van der Waals surface area contributed by atoms with Gasteiger partial charge in [-0.15, -0.1) is 11.3 Å². The second kappa shape index (κ2) is 7.25. The Kier molecular flexibility index (Phi) is 5.10. The lowest BCUT2D eigenvalue weighted by Gasteiger charge is -2.23. The number of hydrogen-bond acceptors (Lipinski definition) is 5. The number of aromatic nitrogens is 2. The fourth-order valence-corrected chi connectivity index (χ4v) is 3.85. The zero-order valence-corrected chi connectivity index (χ0v) is 14.5. The summed E-state index contributed by atoms with van der Waals surface area (Å²) >= 11 is 1.74. The number of nitrogens with zero attached hydrogens (tertiary/aromatic N) is 3. The molecule has 3 rings (SSSR count). The Balaban J connectivity index is 1.50. The van der Waals surface area contributed by atoms with Crippen molar-refractivity contribution in [1.29, 1.82) is 0 Å². The normalized spacial score (nSPS) is 18.0. The molecule has 0 radical (unpaired) electrons. The number of carbonyl (C=O) groups is 1. The summed E-state index contributed by atoms with van der Waals surface area (Å²) in [6, 6.07) is 4.47. The van der Waals surface area contributed by atoms with E-state index in [2.05, 4.69) is 27.7 Å². The second-order valence-corrected chi connectivity index (χ2v) is 7.29. The van der Waals surface area contributed by atoms with Crippen LogP contribution in [0.1, 0.15) is 68.1 Å². The first-order valence-corrected chi connectivity index (χ1v) is 9.18. The number of rotatable bonds is 6. The summed E-state index contributed by atoms with van der Waals surface area (Å²) < 4.78 is 5.23. The van der Waals surface area contributed by atoms with Crippen LogP contribution in [0.25, 0.3) is 0 Å². The molecule has 1 atom stereocenters. The van der Waals surface area contributed by atoms with Crippen molar-refractivity contribution in [2.24, 2.45) is 0 Å². The van der Waals surface area contributed by atoms with E-state index >= 15 is 0 Å². The summed E-state index contributed by atoms with van der Waals surface area (Å²) in [6.45, 7) is 4.95. The summed E-state index contributed by atoms with van der Waals surface area (Å²) in [5.74, 6) is 1.89. The number of aryl methyl sites for hydroxylation is 1. The molecule has 5 nitrogen and oxygen atoms in total. The van der Waals surface area contributed by atoms with Gasteiger partial charge in [0.2, 0.25) is 11.8 Å². The van der Waals surface area contributed by atoms with E-state index in [1.165, 1.54) is 4.88 Å². The molecule has 1 fully saturated rings. The minimum atomic E-state index is 0.240. The maximum absolute atomic E-state index is 12.5. The van der Waals surface area contributed by atoms with Crippen LogP contribution in [0.4, 0.5) is 0 Å². The molecule has 0 aromatic carbocycles. The van der Waals surface area contributed by atoms with Gasteiger partial charge in [-0.25, -0.2) is 0 Å². The van der Waals surface area contributed by atoms with E-state index in [0.717, 1.165) is 31.6 Å². The number of thiophene rings is 1. The van der Waals surface area contributed by atoms with Gasteiger partial charge in [0, 0.05) is 30.2 Å². The highest BCUT2D eigenvalue weighted by Crippen LogP contribution is 2.34. The molecule has 23 heavy (non-hydrogen) atoms. The summed E-state index contributed by atoms with van der Waals surface area (Å²) in [5, 5.41) is 6.04. The lowest BCUT2D eigenvalue weighted by Crippen LogP contribution is -2.30. The topological polar surface area (TPSA) is 59.2 Å². The maximum atomic E-state index is 12.5. The van der Waals surface area contributed by atoms with Gasteiger partial charge in [0.05, 0.1) is 6.04 Å². The van der Waals surface area contributed by atoms with E-state index in [-0.39, 0.29) is 17.9 Å². The van der Waals surface area contributed by atoms with Crippen LogP contribution >= 0.6 is 11.3 Å². The Morgan fingerprint density at radius 1 is 1.52 bits per heavy atom. The number of carbonyl (C=O) groups excluding carboxylic acids is 1.